The third-order valence-electron chi connectivity index (χ3n) is 3.13. The number of rotatable bonds is 8. The van der Waals surface area contributed by atoms with Gasteiger partial charge in [0.2, 0.25) is 0 Å². The van der Waals surface area contributed by atoms with Gasteiger partial charge in [0, 0.05) is 29.3 Å². The van der Waals surface area contributed by atoms with Crippen molar-refractivity contribution < 1.29 is 14.5 Å². The standard InChI is InChI=1S/C17H18N2O4S/c1-13-2-8-16(9-3-13)24-11-10-18-17(20)12-23-15-6-4-14(5-7-15)19(21)22/h2-9H,10-12H2,1H3,(H,18,20). The van der Waals surface area contributed by atoms with Gasteiger partial charge in [-0.05, 0) is 31.2 Å². The molecule has 1 N–H and O–H groups in total. The van der Waals surface area contributed by atoms with Crippen molar-refractivity contribution in [2.75, 3.05) is 18.9 Å². The van der Waals surface area contributed by atoms with Crippen LogP contribution in [0.2, 0.25) is 0 Å². The van der Waals surface area contributed by atoms with E-state index in [0.717, 1.165) is 10.6 Å². The summed E-state index contributed by atoms with van der Waals surface area (Å²) in [6.07, 6.45) is 0. The fourth-order valence-corrected chi connectivity index (χ4v) is 2.63. The number of hydrogen-bond donors (Lipinski definition) is 1. The Kier molecular flexibility index (Phi) is 6.62. The van der Waals surface area contributed by atoms with Gasteiger partial charge in [-0.3, -0.25) is 14.9 Å². The summed E-state index contributed by atoms with van der Waals surface area (Å²) >= 11 is 1.67. The summed E-state index contributed by atoms with van der Waals surface area (Å²) in [6, 6.07) is 13.8. The number of non-ortho nitro benzene ring substituents is 1. The number of nitro groups is 1. The first kappa shape index (κ1) is 17.8. The highest BCUT2D eigenvalue weighted by molar-refractivity contribution is 7.99. The van der Waals surface area contributed by atoms with E-state index in [-0.39, 0.29) is 18.2 Å². The van der Waals surface area contributed by atoms with Crippen LogP contribution in [0.5, 0.6) is 5.75 Å². The second-order valence-corrected chi connectivity index (χ2v) is 6.22. The molecule has 1 amide bonds. The Morgan fingerprint density at radius 1 is 1.17 bits per heavy atom. The van der Waals surface area contributed by atoms with Crippen LogP contribution in [0.25, 0.3) is 0 Å². The minimum Gasteiger partial charge on any atom is -0.484 e. The molecule has 0 saturated heterocycles. The molecular weight excluding hydrogens is 328 g/mol. The molecule has 0 fully saturated rings. The maximum absolute atomic E-state index is 11.7. The number of nitrogens with zero attached hydrogens (tertiary/aromatic N) is 1. The Morgan fingerprint density at radius 2 is 1.83 bits per heavy atom. The Bertz CT molecular complexity index is 687. The van der Waals surface area contributed by atoms with Gasteiger partial charge in [0.15, 0.2) is 6.61 Å². The molecule has 24 heavy (non-hydrogen) atoms. The second kappa shape index (κ2) is 8.93. The lowest BCUT2D eigenvalue weighted by Crippen LogP contribution is -2.30. The fourth-order valence-electron chi connectivity index (χ4n) is 1.86. The van der Waals surface area contributed by atoms with E-state index in [2.05, 4.69) is 29.6 Å². The van der Waals surface area contributed by atoms with E-state index in [0.29, 0.717) is 12.3 Å². The zero-order valence-electron chi connectivity index (χ0n) is 13.2. The number of thioether (sulfide) groups is 1. The number of benzene rings is 2. The van der Waals surface area contributed by atoms with Crippen molar-refractivity contribution in [1.29, 1.82) is 0 Å². The topological polar surface area (TPSA) is 81.5 Å². The van der Waals surface area contributed by atoms with Gasteiger partial charge in [0.05, 0.1) is 4.92 Å². The van der Waals surface area contributed by atoms with Crippen LogP contribution in [0.3, 0.4) is 0 Å². The van der Waals surface area contributed by atoms with Gasteiger partial charge in [-0.2, -0.15) is 0 Å². The van der Waals surface area contributed by atoms with Crippen LogP contribution < -0.4 is 10.1 Å². The van der Waals surface area contributed by atoms with Crippen LogP contribution >= 0.6 is 11.8 Å². The zero-order chi connectivity index (χ0) is 17.4. The second-order valence-electron chi connectivity index (χ2n) is 5.05. The summed E-state index contributed by atoms with van der Waals surface area (Å²) in [7, 11) is 0. The molecule has 0 aliphatic heterocycles. The van der Waals surface area contributed by atoms with Crippen LogP contribution in [0.15, 0.2) is 53.4 Å². The van der Waals surface area contributed by atoms with E-state index in [1.54, 1.807) is 11.8 Å². The van der Waals surface area contributed by atoms with Crippen molar-refractivity contribution in [2.45, 2.75) is 11.8 Å². The number of hydrogen-bond acceptors (Lipinski definition) is 5. The van der Waals surface area contributed by atoms with Gasteiger partial charge < -0.3 is 10.1 Å². The van der Waals surface area contributed by atoms with Crippen molar-refractivity contribution in [3.8, 4) is 5.75 Å². The highest BCUT2D eigenvalue weighted by atomic mass is 32.2. The molecule has 0 spiro atoms. The molecule has 7 heteroatoms. The summed E-state index contributed by atoms with van der Waals surface area (Å²) in [5.41, 5.74) is 1.20. The molecule has 0 aliphatic rings. The Labute approximate surface area is 144 Å². The lowest BCUT2D eigenvalue weighted by atomic mass is 10.2. The van der Waals surface area contributed by atoms with Crippen molar-refractivity contribution in [1.82, 2.24) is 5.32 Å². The fraction of sp³-hybridized carbons (Fsp3) is 0.235. The third-order valence-corrected chi connectivity index (χ3v) is 4.15. The predicted molar refractivity (Wildman–Crippen MR) is 93.5 cm³/mol. The predicted octanol–water partition coefficient (Wildman–Crippen LogP) is 3.19. The number of ether oxygens (including phenoxy) is 1. The van der Waals surface area contributed by atoms with E-state index in [4.69, 9.17) is 4.74 Å². The maximum Gasteiger partial charge on any atom is 0.269 e. The average Bonchev–Trinajstić information content (AvgIpc) is 2.59. The molecule has 2 aromatic carbocycles. The number of carbonyl (C=O) groups excluding carboxylic acids is 1. The van der Waals surface area contributed by atoms with Gasteiger partial charge >= 0.3 is 0 Å². The third kappa shape index (κ3) is 5.92. The van der Waals surface area contributed by atoms with Crippen LogP contribution in [0.4, 0.5) is 5.69 Å². The first-order valence-electron chi connectivity index (χ1n) is 7.38. The molecule has 0 aromatic heterocycles. The van der Waals surface area contributed by atoms with Gasteiger partial charge in [-0.25, -0.2) is 0 Å². The van der Waals surface area contributed by atoms with E-state index >= 15 is 0 Å². The lowest BCUT2D eigenvalue weighted by molar-refractivity contribution is -0.384. The molecule has 0 heterocycles. The largest absolute Gasteiger partial charge is 0.484 e. The summed E-state index contributed by atoms with van der Waals surface area (Å²) in [5, 5.41) is 13.3. The van der Waals surface area contributed by atoms with Gasteiger partial charge in [0.1, 0.15) is 5.75 Å². The Morgan fingerprint density at radius 3 is 2.46 bits per heavy atom. The summed E-state index contributed by atoms with van der Waals surface area (Å²) in [6.45, 7) is 2.47. The number of nitrogens with one attached hydrogen (secondary N) is 1. The van der Waals surface area contributed by atoms with Crippen LogP contribution in [0.1, 0.15) is 5.56 Å². The van der Waals surface area contributed by atoms with Crippen molar-refractivity contribution in [3.05, 3.63) is 64.2 Å². The molecule has 126 valence electrons. The molecule has 0 unspecified atom stereocenters. The van der Waals surface area contributed by atoms with Crippen molar-refractivity contribution >= 4 is 23.4 Å². The van der Waals surface area contributed by atoms with E-state index in [1.807, 2.05) is 6.92 Å². The quantitative estimate of drug-likeness (QED) is 0.344. The minimum absolute atomic E-state index is 0.0140. The summed E-state index contributed by atoms with van der Waals surface area (Å²) in [5.74, 6) is 0.967. The summed E-state index contributed by atoms with van der Waals surface area (Å²) in [4.78, 5) is 22.9. The molecule has 0 bridgehead atoms. The lowest BCUT2D eigenvalue weighted by Gasteiger charge is -2.07. The highest BCUT2D eigenvalue weighted by Crippen LogP contribution is 2.18. The van der Waals surface area contributed by atoms with Crippen LogP contribution in [0, 0.1) is 17.0 Å². The number of aryl methyl sites for hydroxylation is 1. The molecule has 0 radical (unpaired) electrons. The number of amides is 1. The first-order chi connectivity index (χ1) is 11.5. The molecule has 0 saturated carbocycles. The number of carbonyl (C=O) groups is 1. The monoisotopic (exact) mass is 346 g/mol. The highest BCUT2D eigenvalue weighted by Gasteiger charge is 2.06. The van der Waals surface area contributed by atoms with E-state index in [9.17, 15) is 14.9 Å². The summed E-state index contributed by atoms with van der Waals surface area (Å²) < 4.78 is 5.29. The van der Waals surface area contributed by atoms with Gasteiger partial charge in [0.25, 0.3) is 11.6 Å². The number of nitro benzene ring substituents is 1. The SMILES string of the molecule is Cc1ccc(SCCNC(=O)COc2ccc([N+](=O)[O-])cc2)cc1. The zero-order valence-corrected chi connectivity index (χ0v) is 14.0. The van der Waals surface area contributed by atoms with E-state index < -0.39 is 4.92 Å². The van der Waals surface area contributed by atoms with Crippen molar-refractivity contribution in [3.63, 3.8) is 0 Å². The van der Waals surface area contributed by atoms with Crippen LogP contribution in [-0.4, -0.2) is 29.7 Å². The van der Waals surface area contributed by atoms with Gasteiger partial charge in [-0.15, -0.1) is 11.8 Å². The molecular formula is C17H18N2O4S. The van der Waals surface area contributed by atoms with E-state index in [1.165, 1.54) is 29.8 Å². The maximum atomic E-state index is 11.7. The molecule has 2 rings (SSSR count). The molecule has 2 aromatic rings. The van der Waals surface area contributed by atoms with Crippen LogP contribution in [-0.2, 0) is 4.79 Å². The average molecular weight is 346 g/mol. The first-order valence-corrected chi connectivity index (χ1v) is 8.36. The molecule has 6 nitrogen and oxygen atoms in total. The Balaban J connectivity index is 1.64. The van der Waals surface area contributed by atoms with Crippen molar-refractivity contribution in [2.24, 2.45) is 0 Å². The van der Waals surface area contributed by atoms with Gasteiger partial charge in [-0.1, -0.05) is 17.7 Å². The Hall–Kier alpha value is -2.54. The molecule has 0 atom stereocenters. The normalized spacial score (nSPS) is 10.2. The molecule has 0 aliphatic carbocycles. The smallest absolute Gasteiger partial charge is 0.269 e. The minimum atomic E-state index is -0.484.